The Morgan fingerprint density at radius 2 is 2.50 bits per heavy atom. The van der Waals surface area contributed by atoms with E-state index in [0.717, 1.165) is 6.42 Å². The molecule has 4 nitrogen and oxygen atoms in total. The average Bonchev–Trinajstić information content (AvgIpc) is 1.97. The molecule has 4 heteroatoms. The predicted octanol–water partition coefficient (Wildman–Crippen LogP) is 1.62. The van der Waals surface area contributed by atoms with E-state index in [9.17, 15) is 0 Å². The first-order chi connectivity index (χ1) is 4.81. The minimum absolute atomic E-state index is 0.157. The lowest BCUT2D eigenvalue weighted by atomic mass is 10.2. The minimum atomic E-state index is -0.520. The van der Waals surface area contributed by atoms with Crippen LogP contribution < -0.4 is 0 Å². The van der Waals surface area contributed by atoms with Crippen LogP contribution in [0.1, 0.15) is 12.8 Å². The Kier molecular flexibility index (Phi) is 5.53. The summed E-state index contributed by atoms with van der Waals surface area (Å²) in [5, 5.41) is 12.2. The molecule has 0 aliphatic carbocycles. The SMILES string of the molecule is C=CCCC(O)CN=[N+]=[N-]. The second kappa shape index (κ2) is 6.13. The van der Waals surface area contributed by atoms with Crippen LogP contribution >= 0.6 is 0 Å². The average molecular weight is 141 g/mol. The van der Waals surface area contributed by atoms with Gasteiger partial charge in [-0.05, 0) is 18.4 Å². The van der Waals surface area contributed by atoms with Crippen LogP contribution in [0.4, 0.5) is 0 Å². The standard InChI is InChI=1S/C6H11N3O/c1-2-3-4-6(10)5-8-9-7/h2,6,10H,1,3-5H2. The number of rotatable bonds is 5. The molecule has 0 aliphatic rings. The summed E-state index contributed by atoms with van der Waals surface area (Å²) in [6.45, 7) is 3.66. The Balaban J connectivity index is 3.32. The molecule has 1 N–H and O–H groups in total. The van der Waals surface area contributed by atoms with Gasteiger partial charge in [-0.3, -0.25) is 0 Å². The highest BCUT2D eigenvalue weighted by Crippen LogP contribution is 1.97. The van der Waals surface area contributed by atoms with Gasteiger partial charge in [-0.2, -0.15) is 0 Å². The van der Waals surface area contributed by atoms with E-state index in [0.29, 0.717) is 6.42 Å². The number of allylic oxidation sites excluding steroid dienone is 1. The molecule has 56 valence electrons. The van der Waals surface area contributed by atoms with E-state index in [-0.39, 0.29) is 6.54 Å². The smallest absolute Gasteiger partial charge is 0.0599 e. The topological polar surface area (TPSA) is 69.0 Å². The van der Waals surface area contributed by atoms with Crippen LogP contribution in [0.25, 0.3) is 10.4 Å². The van der Waals surface area contributed by atoms with E-state index in [4.69, 9.17) is 10.6 Å². The van der Waals surface area contributed by atoms with Crippen LogP contribution in [0.5, 0.6) is 0 Å². The molecular weight excluding hydrogens is 130 g/mol. The molecule has 0 aromatic carbocycles. The fourth-order valence-corrected chi connectivity index (χ4v) is 0.532. The van der Waals surface area contributed by atoms with Crippen molar-refractivity contribution in [1.82, 2.24) is 0 Å². The van der Waals surface area contributed by atoms with Crippen LogP contribution in [0.2, 0.25) is 0 Å². The van der Waals surface area contributed by atoms with Crippen molar-refractivity contribution >= 4 is 0 Å². The van der Waals surface area contributed by atoms with Crippen molar-refractivity contribution in [3.05, 3.63) is 23.1 Å². The summed E-state index contributed by atoms with van der Waals surface area (Å²) in [6.07, 6.45) is 2.57. The first-order valence-electron chi connectivity index (χ1n) is 3.11. The Morgan fingerprint density at radius 3 is 3.00 bits per heavy atom. The molecule has 1 atom stereocenters. The molecule has 0 heterocycles. The van der Waals surface area contributed by atoms with Crippen LogP contribution in [0.15, 0.2) is 17.8 Å². The second-order valence-electron chi connectivity index (χ2n) is 1.93. The summed E-state index contributed by atoms with van der Waals surface area (Å²) in [4.78, 5) is 2.52. The zero-order valence-corrected chi connectivity index (χ0v) is 5.77. The van der Waals surface area contributed by atoms with Crippen molar-refractivity contribution in [3.63, 3.8) is 0 Å². The Bertz CT molecular complexity index is 140. The third-order valence-corrected chi connectivity index (χ3v) is 1.06. The highest BCUT2D eigenvalue weighted by Gasteiger charge is 1.98. The number of aliphatic hydroxyl groups is 1. The van der Waals surface area contributed by atoms with E-state index >= 15 is 0 Å². The normalized spacial score (nSPS) is 11.7. The lowest BCUT2D eigenvalue weighted by Gasteiger charge is -2.02. The fourth-order valence-electron chi connectivity index (χ4n) is 0.532. The van der Waals surface area contributed by atoms with Gasteiger partial charge in [0, 0.05) is 4.91 Å². The van der Waals surface area contributed by atoms with Crippen LogP contribution in [0.3, 0.4) is 0 Å². The van der Waals surface area contributed by atoms with Gasteiger partial charge in [0.1, 0.15) is 0 Å². The van der Waals surface area contributed by atoms with Gasteiger partial charge in [-0.1, -0.05) is 11.2 Å². The van der Waals surface area contributed by atoms with Gasteiger partial charge in [0.25, 0.3) is 0 Å². The maximum absolute atomic E-state index is 9.00. The van der Waals surface area contributed by atoms with Crippen LogP contribution in [-0.2, 0) is 0 Å². The maximum atomic E-state index is 9.00. The van der Waals surface area contributed by atoms with Crippen LogP contribution in [-0.4, -0.2) is 17.8 Å². The highest BCUT2D eigenvalue weighted by molar-refractivity contribution is 4.70. The van der Waals surface area contributed by atoms with Crippen molar-refractivity contribution in [2.24, 2.45) is 5.11 Å². The second-order valence-corrected chi connectivity index (χ2v) is 1.93. The molecule has 0 aromatic heterocycles. The molecule has 0 aromatic rings. The molecule has 10 heavy (non-hydrogen) atoms. The molecule has 0 fully saturated rings. The Hall–Kier alpha value is -0.990. The minimum Gasteiger partial charge on any atom is -0.393 e. The van der Waals surface area contributed by atoms with Gasteiger partial charge in [-0.15, -0.1) is 6.58 Å². The monoisotopic (exact) mass is 141 g/mol. The number of hydrogen-bond donors (Lipinski definition) is 1. The largest absolute Gasteiger partial charge is 0.393 e. The number of aliphatic hydroxyl groups excluding tert-OH is 1. The summed E-state index contributed by atoms with van der Waals surface area (Å²) in [5.74, 6) is 0. The van der Waals surface area contributed by atoms with E-state index in [1.165, 1.54) is 0 Å². The maximum Gasteiger partial charge on any atom is 0.0599 e. The summed E-state index contributed by atoms with van der Waals surface area (Å²) in [6, 6.07) is 0. The lowest BCUT2D eigenvalue weighted by Crippen LogP contribution is -2.08. The number of hydrogen-bond acceptors (Lipinski definition) is 2. The van der Waals surface area contributed by atoms with E-state index in [1.54, 1.807) is 6.08 Å². The lowest BCUT2D eigenvalue weighted by molar-refractivity contribution is 0.174. The summed E-state index contributed by atoms with van der Waals surface area (Å²) < 4.78 is 0. The fraction of sp³-hybridized carbons (Fsp3) is 0.667. The molecular formula is C6H11N3O. The first-order valence-corrected chi connectivity index (χ1v) is 3.11. The number of nitrogens with zero attached hydrogens (tertiary/aromatic N) is 3. The van der Waals surface area contributed by atoms with Gasteiger partial charge in [0.05, 0.1) is 12.6 Å². The van der Waals surface area contributed by atoms with Crippen molar-refractivity contribution in [2.45, 2.75) is 18.9 Å². The van der Waals surface area contributed by atoms with Crippen molar-refractivity contribution in [2.75, 3.05) is 6.54 Å². The van der Waals surface area contributed by atoms with Crippen molar-refractivity contribution < 1.29 is 5.11 Å². The summed E-state index contributed by atoms with van der Waals surface area (Å²) in [5.41, 5.74) is 7.87. The van der Waals surface area contributed by atoms with Crippen molar-refractivity contribution in [3.8, 4) is 0 Å². The molecule has 0 radical (unpaired) electrons. The van der Waals surface area contributed by atoms with Crippen molar-refractivity contribution in [1.29, 1.82) is 0 Å². The van der Waals surface area contributed by atoms with Gasteiger partial charge in [0.15, 0.2) is 0 Å². The molecule has 0 spiro atoms. The molecule has 0 amide bonds. The predicted molar refractivity (Wildman–Crippen MR) is 39.5 cm³/mol. The first kappa shape index (κ1) is 9.01. The molecule has 0 rings (SSSR count). The molecule has 0 aliphatic heterocycles. The molecule has 1 unspecified atom stereocenters. The Morgan fingerprint density at radius 1 is 1.80 bits per heavy atom. The summed E-state index contributed by atoms with van der Waals surface area (Å²) >= 11 is 0. The quantitative estimate of drug-likeness (QED) is 0.269. The molecule has 0 bridgehead atoms. The van der Waals surface area contributed by atoms with Crippen LogP contribution in [0, 0.1) is 0 Å². The third-order valence-electron chi connectivity index (χ3n) is 1.06. The van der Waals surface area contributed by atoms with E-state index in [1.807, 2.05) is 0 Å². The summed E-state index contributed by atoms with van der Waals surface area (Å²) in [7, 11) is 0. The Labute approximate surface area is 59.8 Å². The zero-order valence-electron chi connectivity index (χ0n) is 5.77. The third kappa shape index (κ3) is 5.15. The van der Waals surface area contributed by atoms with E-state index in [2.05, 4.69) is 16.6 Å². The van der Waals surface area contributed by atoms with Gasteiger partial charge < -0.3 is 5.11 Å². The molecule has 0 saturated heterocycles. The van der Waals surface area contributed by atoms with E-state index < -0.39 is 6.10 Å². The molecule has 0 saturated carbocycles. The van der Waals surface area contributed by atoms with Gasteiger partial charge >= 0.3 is 0 Å². The zero-order chi connectivity index (χ0) is 7.82. The van der Waals surface area contributed by atoms with Gasteiger partial charge in [0.2, 0.25) is 0 Å². The van der Waals surface area contributed by atoms with Gasteiger partial charge in [-0.25, -0.2) is 0 Å². The number of azide groups is 1. The highest BCUT2D eigenvalue weighted by atomic mass is 16.3.